The van der Waals surface area contributed by atoms with Crippen LogP contribution in [0.5, 0.6) is 0 Å². The molecule has 1 aliphatic rings. The van der Waals surface area contributed by atoms with Gasteiger partial charge in [-0.25, -0.2) is 4.79 Å². The van der Waals surface area contributed by atoms with Gasteiger partial charge in [-0.2, -0.15) is 0 Å². The summed E-state index contributed by atoms with van der Waals surface area (Å²) in [6, 6.07) is 6.33. The fourth-order valence-corrected chi connectivity index (χ4v) is 1.97. The van der Waals surface area contributed by atoms with Crippen molar-refractivity contribution in [2.24, 2.45) is 0 Å². The average Bonchev–Trinajstić information content (AvgIpc) is 2.70. The molecule has 0 saturated carbocycles. The molecule has 0 saturated heterocycles. The van der Waals surface area contributed by atoms with Crippen LogP contribution in [-0.4, -0.2) is 36.1 Å². The van der Waals surface area contributed by atoms with Crippen LogP contribution in [0.2, 0.25) is 0 Å². The van der Waals surface area contributed by atoms with E-state index >= 15 is 0 Å². The number of carbonyl (C=O) groups excluding carboxylic acids is 3. The zero-order chi connectivity index (χ0) is 14.7. The van der Waals surface area contributed by atoms with Crippen LogP contribution in [-0.2, 0) is 14.4 Å². The number of hydroxylamine groups is 2. The number of ether oxygens (including phenoxy) is 1. The molecule has 1 aromatic rings. The zero-order valence-electron chi connectivity index (χ0n) is 11.3. The van der Waals surface area contributed by atoms with Crippen LogP contribution < -0.4 is 0 Å². The van der Waals surface area contributed by atoms with Crippen LogP contribution in [0.1, 0.15) is 40.5 Å². The van der Waals surface area contributed by atoms with E-state index in [1.54, 1.807) is 12.1 Å². The van der Waals surface area contributed by atoms with E-state index in [1.165, 1.54) is 19.2 Å². The normalized spacial score (nSPS) is 15.2. The van der Waals surface area contributed by atoms with Gasteiger partial charge in [0.15, 0.2) is 0 Å². The molecule has 0 spiro atoms. The van der Waals surface area contributed by atoms with Crippen molar-refractivity contribution in [2.45, 2.75) is 25.9 Å². The number of methoxy groups -OCH3 is 1. The topological polar surface area (TPSA) is 72.9 Å². The molecule has 20 heavy (non-hydrogen) atoms. The van der Waals surface area contributed by atoms with Crippen molar-refractivity contribution in [3.8, 4) is 0 Å². The summed E-state index contributed by atoms with van der Waals surface area (Å²) >= 11 is 0. The van der Waals surface area contributed by atoms with Crippen LogP contribution >= 0.6 is 0 Å². The zero-order valence-corrected chi connectivity index (χ0v) is 11.3. The highest BCUT2D eigenvalue weighted by Gasteiger charge is 2.38. The molecule has 2 rings (SSSR count). The van der Waals surface area contributed by atoms with Crippen molar-refractivity contribution < 1.29 is 24.0 Å². The number of hydrogen-bond acceptors (Lipinski definition) is 5. The quantitative estimate of drug-likeness (QED) is 0.764. The standard InChI is InChI=1S/C14H15NO5/c1-3-9(19-2)8-12(16)20-15-13(17)10-6-4-5-7-11(10)14(15)18/h4-7,9H,3,8H2,1-2H3. The molecule has 2 amide bonds. The molecule has 1 aliphatic heterocycles. The Bertz CT molecular complexity index is 515. The highest BCUT2D eigenvalue weighted by atomic mass is 16.7. The van der Waals surface area contributed by atoms with E-state index in [9.17, 15) is 14.4 Å². The lowest BCUT2D eigenvalue weighted by Crippen LogP contribution is -2.33. The lowest BCUT2D eigenvalue weighted by Gasteiger charge is -2.15. The summed E-state index contributed by atoms with van der Waals surface area (Å²) in [6.07, 6.45) is 0.325. The third-order valence-electron chi connectivity index (χ3n) is 3.13. The van der Waals surface area contributed by atoms with Crippen LogP contribution in [0, 0.1) is 0 Å². The summed E-state index contributed by atoms with van der Waals surface area (Å²) < 4.78 is 5.06. The Labute approximate surface area is 116 Å². The van der Waals surface area contributed by atoms with Crippen LogP contribution in [0.15, 0.2) is 24.3 Å². The summed E-state index contributed by atoms with van der Waals surface area (Å²) in [6.45, 7) is 1.86. The maximum atomic E-state index is 12.0. The van der Waals surface area contributed by atoms with Gasteiger partial charge in [0.1, 0.15) is 0 Å². The first-order valence-corrected chi connectivity index (χ1v) is 6.29. The van der Waals surface area contributed by atoms with Gasteiger partial charge in [-0.05, 0) is 18.6 Å². The third-order valence-corrected chi connectivity index (χ3v) is 3.13. The van der Waals surface area contributed by atoms with Crippen LogP contribution in [0.4, 0.5) is 0 Å². The Morgan fingerprint density at radius 3 is 2.20 bits per heavy atom. The molecule has 1 unspecified atom stereocenters. The Kier molecular flexibility index (Phi) is 4.14. The first-order chi connectivity index (χ1) is 9.58. The number of rotatable bonds is 5. The minimum atomic E-state index is -0.673. The second-order valence-electron chi connectivity index (χ2n) is 4.38. The molecule has 0 fully saturated rings. The number of imide groups is 1. The number of fused-ring (bicyclic) bond motifs is 1. The van der Waals surface area contributed by atoms with Gasteiger partial charge in [0.25, 0.3) is 11.8 Å². The minimum absolute atomic E-state index is 0.0135. The highest BCUT2D eigenvalue weighted by molar-refractivity contribution is 6.20. The molecular weight excluding hydrogens is 262 g/mol. The smallest absolute Gasteiger partial charge is 0.335 e. The largest absolute Gasteiger partial charge is 0.381 e. The number of amides is 2. The summed E-state index contributed by atoms with van der Waals surface area (Å²) in [7, 11) is 1.49. The molecule has 1 aromatic carbocycles. The van der Waals surface area contributed by atoms with Gasteiger partial charge >= 0.3 is 5.97 Å². The molecule has 0 aromatic heterocycles. The van der Waals surface area contributed by atoms with E-state index in [2.05, 4.69) is 0 Å². The van der Waals surface area contributed by atoms with E-state index in [0.717, 1.165) is 0 Å². The number of nitrogens with zero attached hydrogens (tertiary/aromatic N) is 1. The van der Waals surface area contributed by atoms with Crippen molar-refractivity contribution in [1.82, 2.24) is 5.06 Å². The van der Waals surface area contributed by atoms with Gasteiger partial charge < -0.3 is 9.57 Å². The van der Waals surface area contributed by atoms with Crippen molar-refractivity contribution in [3.63, 3.8) is 0 Å². The molecule has 106 valence electrons. The molecule has 0 N–H and O–H groups in total. The van der Waals surface area contributed by atoms with Crippen LogP contribution in [0.3, 0.4) is 0 Å². The molecular formula is C14H15NO5. The number of hydrogen-bond donors (Lipinski definition) is 0. The first-order valence-electron chi connectivity index (χ1n) is 6.29. The predicted octanol–water partition coefficient (Wildman–Crippen LogP) is 1.56. The van der Waals surface area contributed by atoms with Crippen molar-refractivity contribution in [3.05, 3.63) is 35.4 Å². The molecule has 6 nitrogen and oxygen atoms in total. The second kappa shape index (κ2) is 5.83. The monoisotopic (exact) mass is 277 g/mol. The predicted molar refractivity (Wildman–Crippen MR) is 68.7 cm³/mol. The lowest BCUT2D eigenvalue weighted by atomic mass is 10.1. The average molecular weight is 277 g/mol. The molecule has 0 bridgehead atoms. The SMILES string of the molecule is CCC(CC(=O)ON1C(=O)c2ccccc2C1=O)OC. The fourth-order valence-electron chi connectivity index (χ4n) is 1.97. The van der Waals surface area contributed by atoms with Crippen molar-refractivity contribution in [2.75, 3.05) is 7.11 Å². The molecule has 1 heterocycles. The van der Waals surface area contributed by atoms with Gasteiger partial charge in [-0.1, -0.05) is 24.1 Å². The highest BCUT2D eigenvalue weighted by Crippen LogP contribution is 2.23. The van der Waals surface area contributed by atoms with Gasteiger partial charge in [-0.15, -0.1) is 0 Å². The Morgan fingerprint density at radius 2 is 1.75 bits per heavy atom. The number of carbonyl (C=O) groups is 3. The van der Waals surface area contributed by atoms with E-state index in [1.807, 2.05) is 6.92 Å². The Hall–Kier alpha value is -2.21. The van der Waals surface area contributed by atoms with Gasteiger partial charge in [-0.3, -0.25) is 9.59 Å². The Balaban J connectivity index is 2.07. The van der Waals surface area contributed by atoms with Gasteiger partial charge in [0.05, 0.1) is 23.7 Å². The molecule has 1 atom stereocenters. The van der Waals surface area contributed by atoms with Crippen LogP contribution in [0.25, 0.3) is 0 Å². The number of benzene rings is 1. The van der Waals surface area contributed by atoms with E-state index in [-0.39, 0.29) is 23.7 Å². The maximum absolute atomic E-state index is 12.0. The van der Waals surface area contributed by atoms with E-state index < -0.39 is 17.8 Å². The first kappa shape index (κ1) is 14.2. The summed E-state index contributed by atoms with van der Waals surface area (Å²) in [4.78, 5) is 40.5. The van der Waals surface area contributed by atoms with Crippen molar-refractivity contribution in [1.29, 1.82) is 0 Å². The van der Waals surface area contributed by atoms with E-state index in [0.29, 0.717) is 11.5 Å². The van der Waals surface area contributed by atoms with Gasteiger partial charge in [0.2, 0.25) is 0 Å². The summed E-state index contributed by atoms with van der Waals surface area (Å²) in [5.74, 6) is -1.91. The maximum Gasteiger partial charge on any atom is 0.335 e. The minimum Gasteiger partial charge on any atom is -0.381 e. The summed E-state index contributed by atoms with van der Waals surface area (Å²) in [5, 5.41) is 0.509. The third kappa shape index (κ3) is 2.55. The Morgan fingerprint density at radius 1 is 1.20 bits per heavy atom. The second-order valence-corrected chi connectivity index (χ2v) is 4.38. The lowest BCUT2D eigenvalue weighted by molar-refractivity contribution is -0.171. The molecule has 0 radical (unpaired) electrons. The van der Waals surface area contributed by atoms with Crippen molar-refractivity contribution >= 4 is 17.8 Å². The molecule has 6 heteroatoms. The van der Waals surface area contributed by atoms with E-state index in [4.69, 9.17) is 9.57 Å². The molecule has 0 aliphatic carbocycles. The van der Waals surface area contributed by atoms with Gasteiger partial charge in [0, 0.05) is 7.11 Å². The fraction of sp³-hybridized carbons (Fsp3) is 0.357. The summed E-state index contributed by atoms with van der Waals surface area (Å²) in [5.41, 5.74) is 0.480.